The maximum atomic E-state index is 12.9. The minimum atomic E-state index is 0.0730. The maximum Gasteiger partial charge on any atom is 0.255 e. The van der Waals surface area contributed by atoms with E-state index in [0.717, 1.165) is 18.4 Å². The fourth-order valence-electron chi connectivity index (χ4n) is 3.10. The first-order valence-electron chi connectivity index (χ1n) is 7.94. The summed E-state index contributed by atoms with van der Waals surface area (Å²) in [5.74, 6) is 0.0730. The molecule has 4 heteroatoms. The van der Waals surface area contributed by atoms with Crippen molar-refractivity contribution in [3.8, 4) is 0 Å². The molecule has 0 aliphatic heterocycles. The van der Waals surface area contributed by atoms with E-state index in [1.54, 1.807) is 18.6 Å². The Hall–Kier alpha value is -2.23. The van der Waals surface area contributed by atoms with Crippen molar-refractivity contribution < 1.29 is 4.79 Å². The molecule has 4 nitrogen and oxygen atoms in total. The van der Waals surface area contributed by atoms with E-state index in [-0.39, 0.29) is 5.91 Å². The average molecular weight is 295 g/mol. The number of carbonyl (C=O) groups is 1. The molecule has 114 valence electrons. The highest BCUT2D eigenvalue weighted by molar-refractivity contribution is 5.94. The molecule has 1 saturated carbocycles. The van der Waals surface area contributed by atoms with Crippen molar-refractivity contribution in [1.82, 2.24) is 14.9 Å². The van der Waals surface area contributed by atoms with Crippen molar-refractivity contribution in [3.05, 3.63) is 60.2 Å². The second-order valence-corrected chi connectivity index (χ2v) is 5.83. The van der Waals surface area contributed by atoms with Gasteiger partial charge >= 0.3 is 0 Å². The third-order valence-electron chi connectivity index (χ3n) is 4.26. The van der Waals surface area contributed by atoms with Crippen molar-refractivity contribution >= 4 is 5.91 Å². The molecule has 3 rings (SSSR count). The molecule has 0 aromatic carbocycles. The molecule has 2 aromatic rings. The molecule has 0 unspecified atom stereocenters. The standard InChI is InChI=1S/C18H21N3O/c22-18(16-7-5-11-20-13-16)21(17-8-2-1-3-9-17)14-15-6-4-10-19-12-15/h4-7,10-13,17H,1-3,8-9,14H2. The van der Waals surface area contributed by atoms with Gasteiger partial charge in [0.25, 0.3) is 5.91 Å². The van der Waals surface area contributed by atoms with E-state index in [4.69, 9.17) is 0 Å². The second-order valence-electron chi connectivity index (χ2n) is 5.83. The molecule has 1 amide bonds. The third-order valence-corrected chi connectivity index (χ3v) is 4.26. The van der Waals surface area contributed by atoms with Crippen LogP contribution >= 0.6 is 0 Å². The summed E-state index contributed by atoms with van der Waals surface area (Å²) < 4.78 is 0. The molecule has 2 heterocycles. The van der Waals surface area contributed by atoms with E-state index >= 15 is 0 Å². The number of aromatic nitrogens is 2. The topological polar surface area (TPSA) is 46.1 Å². The van der Waals surface area contributed by atoms with Gasteiger partial charge in [0, 0.05) is 37.4 Å². The van der Waals surface area contributed by atoms with Gasteiger partial charge in [-0.3, -0.25) is 14.8 Å². The number of nitrogens with zero attached hydrogens (tertiary/aromatic N) is 3. The normalized spacial score (nSPS) is 15.5. The van der Waals surface area contributed by atoms with Gasteiger partial charge in [0.1, 0.15) is 0 Å². The van der Waals surface area contributed by atoms with E-state index in [1.165, 1.54) is 19.3 Å². The first kappa shape index (κ1) is 14.7. The zero-order valence-electron chi connectivity index (χ0n) is 12.7. The van der Waals surface area contributed by atoms with Crippen LogP contribution in [-0.4, -0.2) is 26.8 Å². The molecule has 0 radical (unpaired) electrons. The molecule has 1 aliphatic carbocycles. The summed E-state index contributed by atoms with van der Waals surface area (Å²) in [5.41, 5.74) is 1.74. The summed E-state index contributed by atoms with van der Waals surface area (Å²) in [6.07, 6.45) is 12.8. The molecule has 1 aliphatic rings. The van der Waals surface area contributed by atoms with Gasteiger partial charge in [0.15, 0.2) is 0 Å². The number of rotatable bonds is 4. The third kappa shape index (κ3) is 3.50. The summed E-state index contributed by atoms with van der Waals surface area (Å²) >= 11 is 0. The van der Waals surface area contributed by atoms with Gasteiger partial charge in [0.2, 0.25) is 0 Å². The summed E-state index contributed by atoms with van der Waals surface area (Å²) in [4.78, 5) is 23.2. The number of carbonyl (C=O) groups excluding carboxylic acids is 1. The average Bonchev–Trinajstić information content (AvgIpc) is 2.61. The summed E-state index contributed by atoms with van der Waals surface area (Å²) in [6, 6.07) is 7.93. The number of hydrogen-bond acceptors (Lipinski definition) is 3. The lowest BCUT2D eigenvalue weighted by Gasteiger charge is -2.34. The number of amides is 1. The van der Waals surface area contributed by atoms with Gasteiger partial charge in [-0.25, -0.2) is 0 Å². The van der Waals surface area contributed by atoms with E-state index < -0.39 is 0 Å². The quantitative estimate of drug-likeness (QED) is 0.868. The Bertz CT molecular complexity index is 594. The van der Waals surface area contributed by atoms with Crippen LogP contribution in [0.4, 0.5) is 0 Å². The van der Waals surface area contributed by atoms with Crippen LogP contribution < -0.4 is 0 Å². The van der Waals surface area contributed by atoms with Gasteiger partial charge in [-0.1, -0.05) is 25.3 Å². The van der Waals surface area contributed by atoms with Gasteiger partial charge in [0.05, 0.1) is 5.56 Å². The zero-order chi connectivity index (χ0) is 15.2. The van der Waals surface area contributed by atoms with Crippen LogP contribution in [0, 0.1) is 0 Å². The zero-order valence-corrected chi connectivity index (χ0v) is 12.7. The molecule has 0 saturated heterocycles. The minimum Gasteiger partial charge on any atom is -0.331 e. The minimum absolute atomic E-state index is 0.0730. The van der Waals surface area contributed by atoms with Gasteiger partial charge in [-0.15, -0.1) is 0 Å². The number of pyridine rings is 2. The first-order chi connectivity index (χ1) is 10.8. The number of hydrogen-bond donors (Lipinski definition) is 0. The predicted octanol–water partition coefficient (Wildman–Crippen LogP) is 3.45. The molecular formula is C18H21N3O. The summed E-state index contributed by atoms with van der Waals surface area (Å²) in [5, 5.41) is 0. The van der Waals surface area contributed by atoms with Crippen LogP contribution in [0.25, 0.3) is 0 Å². The highest BCUT2D eigenvalue weighted by Crippen LogP contribution is 2.25. The molecule has 0 N–H and O–H groups in total. The molecule has 0 bridgehead atoms. The van der Waals surface area contributed by atoms with E-state index in [1.807, 2.05) is 35.4 Å². The molecule has 0 spiro atoms. The fourth-order valence-corrected chi connectivity index (χ4v) is 3.10. The Labute approximate surface area is 131 Å². The highest BCUT2D eigenvalue weighted by Gasteiger charge is 2.26. The van der Waals surface area contributed by atoms with Gasteiger partial charge in [-0.05, 0) is 36.6 Å². The Morgan fingerprint density at radius 2 is 1.77 bits per heavy atom. The first-order valence-corrected chi connectivity index (χ1v) is 7.94. The molecule has 2 aromatic heterocycles. The fraction of sp³-hybridized carbons (Fsp3) is 0.389. The van der Waals surface area contributed by atoms with Crippen molar-refractivity contribution in [1.29, 1.82) is 0 Å². The second kappa shape index (κ2) is 7.16. The van der Waals surface area contributed by atoms with Crippen LogP contribution in [0.2, 0.25) is 0 Å². The molecule has 0 atom stereocenters. The maximum absolute atomic E-state index is 12.9. The summed E-state index contributed by atoms with van der Waals surface area (Å²) in [7, 11) is 0. The summed E-state index contributed by atoms with van der Waals surface area (Å²) in [6.45, 7) is 0.617. The van der Waals surface area contributed by atoms with Gasteiger partial charge < -0.3 is 4.90 Å². The van der Waals surface area contributed by atoms with Crippen LogP contribution in [0.5, 0.6) is 0 Å². The van der Waals surface area contributed by atoms with Crippen LogP contribution in [0.1, 0.15) is 48.0 Å². The predicted molar refractivity (Wildman–Crippen MR) is 85.2 cm³/mol. The molecule has 1 fully saturated rings. The lowest BCUT2D eigenvalue weighted by atomic mass is 9.93. The Balaban J connectivity index is 1.83. The highest BCUT2D eigenvalue weighted by atomic mass is 16.2. The SMILES string of the molecule is O=C(c1cccnc1)N(Cc1cccnc1)C1CCCCC1. The van der Waals surface area contributed by atoms with Crippen molar-refractivity contribution in [3.63, 3.8) is 0 Å². The van der Waals surface area contributed by atoms with Crippen LogP contribution in [0.15, 0.2) is 49.1 Å². The Morgan fingerprint density at radius 3 is 2.41 bits per heavy atom. The Kier molecular flexibility index (Phi) is 4.78. The van der Waals surface area contributed by atoms with Crippen molar-refractivity contribution in [2.45, 2.75) is 44.7 Å². The van der Waals surface area contributed by atoms with Crippen LogP contribution in [-0.2, 0) is 6.54 Å². The largest absolute Gasteiger partial charge is 0.331 e. The smallest absolute Gasteiger partial charge is 0.255 e. The lowest BCUT2D eigenvalue weighted by Crippen LogP contribution is -2.41. The lowest BCUT2D eigenvalue weighted by molar-refractivity contribution is 0.0613. The molecule has 22 heavy (non-hydrogen) atoms. The van der Waals surface area contributed by atoms with E-state index in [0.29, 0.717) is 18.2 Å². The monoisotopic (exact) mass is 295 g/mol. The van der Waals surface area contributed by atoms with E-state index in [2.05, 4.69) is 9.97 Å². The Morgan fingerprint density at radius 1 is 1.05 bits per heavy atom. The van der Waals surface area contributed by atoms with Crippen molar-refractivity contribution in [2.24, 2.45) is 0 Å². The van der Waals surface area contributed by atoms with E-state index in [9.17, 15) is 4.79 Å². The molecular weight excluding hydrogens is 274 g/mol. The van der Waals surface area contributed by atoms with Crippen LogP contribution in [0.3, 0.4) is 0 Å². The van der Waals surface area contributed by atoms with Crippen molar-refractivity contribution in [2.75, 3.05) is 0 Å². The van der Waals surface area contributed by atoms with Gasteiger partial charge in [-0.2, -0.15) is 0 Å².